The number of amides is 4. The van der Waals surface area contributed by atoms with Crippen LogP contribution in [0.2, 0.25) is 0 Å². The Balaban J connectivity index is 1.16. The third-order valence-electron chi connectivity index (χ3n) is 10.8. The van der Waals surface area contributed by atoms with Crippen molar-refractivity contribution in [1.29, 1.82) is 0 Å². The first kappa shape index (κ1) is 33.6. The minimum absolute atomic E-state index is 0.0224. The number of rotatable bonds is 12. The number of hydrogen-bond acceptors (Lipinski definition) is 4. The number of carboxylic acids is 1. The fourth-order valence-electron chi connectivity index (χ4n) is 8.20. The van der Waals surface area contributed by atoms with Crippen molar-refractivity contribution in [2.45, 2.75) is 153 Å². The molecule has 0 aromatic rings. The Bertz CT molecular complexity index is 914. The van der Waals surface area contributed by atoms with Crippen molar-refractivity contribution in [2.24, 2.45) is 23.7 Å². The topological polar surface area (TPSA) is 128 Å². The van der Waals surface area contributed by atoms with Gasteiger partial charge in [-0.05, 0) is 94.3 Å². The van der Waals surface area contributed by atoms with E-state index in [1.54, 1.807) is 4.90 Å². The third kappa shape index (κ3) is 11.6. The average Bonchev–Trinajstić information content (AvgIpc) is 2.98. The summed E-state index contributed by atoms with van der Waals surface area (Å²) in [5.41, 5.74) is 0. The van der Waals surface area contributed by atoms with Crippen LogP contribution in [0.25, 0.3) is 0 Å². The van der Waals surface area contributed by atoms with E-state index in [9.17, 15) is 24.3 Å². The molecule has 4 aliphatic carbocycles. The van der Waals surface area contributed by atoms with Crippen LogP contribution in [0.1, 0.15) is 135 Å². The molecule has 0 aliphatic heterocycles. The van der Waals surface area contributed by atoms with Crippen LogP contribution < -0.4 is 16.0 Å². The van der Waals surface area contributed by atoms with Crippen LogP contribution in [0.15, 0.2) is 0 Å². The van der Waals surface area contributed by atoms with Crippen LogP contribution in [0.5, 0.6) is 0 Å². The fourth-order valence-corrected chi connectivity index (χ4v) is 8.20. The molecule has 4 saturated carbocycles. The molecule has 244 valence electrons. The molecule has 4 fully saturated rings. The third-order valence-corrected chi connectivity index (χ3v) is 10.8. The summed E-state index contributed by atoms with van der Waals surface area (Å²) in [5, 5.41) is 18.9. The number of urea groups is 1. The molecule has 0 heterocycles. The number of aliphatic carboxylic acids is 1. The van der Waals surface area contributed by atoms with Gasteiger partial charge >= 0.3 is 12.0 Å². The minimum atomic E-state index is -0.869. The lowest BCUT2D eigenvalue weighted by Gasteiger charge is -2.35. The van der Waals surface area contributed by atoms with Gasteiger partial charge in [0.2, 0.25) is 11.8 Å². The van der Waals surface area contributed by atoms with E-state index in [4.69, 9.17) is 0 Å². The van der Waals surface area contributed by atoms with Crippen molar-refractivity contribution in [2.75, 3.05) is 13.1 Å². The predicted molar refractivity (Wildman–Crippen MR) is 167 cm³/mol. The Hall–Kier alpha value is -2.32. The second-order valence-electron chi connectivity index (χ2n) is 14.4. The zero-order valence-electron chi connectivity index (χ0n) is 26.6. The van der Waals surface area contributed by atoms with Gasteiger partial charge in [0, 0.05) is 44.1 Å². The van der Waals surface area contributed by atoms with E-state index in [1.165, 1.54) is 38.5 Å². The molecule has 9 nitrogen and oxygen atoms in total. The molecule has 0 radical (unpaired) electrons. The Labute approximate surface area is 259 Å². The van der Waals surface area contributed by atoms with Gasteiger partial charge in [-0.15, -0.1) is 0 Å². The lowest BCUT2D eigenvalue weighted by atomic mass is 9.83. The van der Waals surface area contributed by atoms with E-state index in [1.807, 2.05) is 0 Å². The molecule has 0 bridgehead atoms. The Morgan fingerprint density at radius 2 is 1.35 bits per heavy atom. The Morgan fingerprint density at radius 1 is 0.674 bits per heavy atom. The van der Waals surface area contributed by atoms with E-state index in [0.717, 1.165) is 70.6 Å². The van der Waals surface area contributed by atoms with E-state index >= 15 is 0 Å². The zero-order valence-corrected chi connectivity index (χ0v) is 26.6. The molecule has 4 amide bonds. The van der Waals surface area contributed by atoms with Gasteiger partial charge in [0.05, 0.1) is 6.42 Å². The van der Waals surface area contributed by atoms with Gasteiger partial charge in [0.15, 0.2) is 0 Å². The molecule has 4 N–H and O–H groups in total. The molecule has 43 heavy (non-hydrogen) atoms. The molecule has 9 heteroatoms. The molecule has 0 spiro atoms. The summed E-state index contributed by atoms with van der Waals surface area (Å²) in [5.74, 6) is 0.951. The van der Waals surface area contributed by atoms with E-state index in [0.29, 0.717) is 37.1 Å². The molecular formula is C34H58N4O5. The standard InChI is InChI=1S/C34H58N4O5/c1-24-8-5-6-13-30(24)37-34(43)36-28-16-14-26(15-17-28)21-31(39)35-29-12-7-11-27(20-29)23-38(19-18-33(41)42)32(40)22-25-9-3-2-4-10-25/h24-30H,2-23H2,1H3,(H,35,39)(H,41,42)(H2,36,37,43). The molecule has 4 aliphatic rings. The van der Waals surface area contributed by atoms with Crippen LogP contribution in [-0.2, 0) is 14.4 Å². The van der Waals surface area contributed by atoms with Crippen molar-refractivity contribution in [3.05, 3.63) is 0 Å². The fraction of sp³-hybridized carbons (Fsp3) is 0.882. The summed E-state index contributed by atoms with van der Waals surface area (Å²) in [6.07, 6.45) is 19.1. The Morgan fingerprint density at radius 3 is 2.07 bits per heavy atom. The largest absolute Gasteiger partial charge is 0.481 e. The second-order valence-corrected chi connectivity index (χ2v) is 14.4. The van der Waals surface area contributed by atoms with E-state index in [-0.39, 0.29) is 54.9 Å². The van der Waals surface area contributed by atoms with Crippen LogP contribution in [0, 0.1) is 23.7 Å². The molecule has 0 aromatic heterocycles. The number of nitrogens with zero attached hydrogens (tertiary/aromatic N) is 1. The van der Waals surface area contributed by atoms with Crippen molar-refractivity contribution in [3.8, 4) is 0 Å². The number of carboxylic acid groups (broad SMARTS) is 1. The van der Waals surface area contributed by atoms with Crippen molar-refractivity contribution >= 4 is 23.8 Å². The first-order valence-electron chi connectivity index (χ1n) is 17.6. The van der Waals surface area contributed by atoms with Crippen molar-refractivity contribution in [1.82, 2.24) is 20.9 Å². The zero-order chi connectivity index (χ0) is 30.6. The smallest absolute Gasteiger partial charge is 0.315 e. The van der Waals surface area contributed by atoms with Gasteiger partial charge in [-0.25, -0.2) is 4.79 Å². The van der Waals surface area contributed by atoms with Gasteiger partial charge in [-0.1, -0.05) is 45.4 Å². The van der Waals surface area contributed by atoms with Gasteiger partial charge in [0.1, 0.15) is 0 Å². The van der Waals surface area contributed by atoms with Crippen LogP contribution in [0.4, 0.5) is 4.79 Å². The maximum absolute atomic E-state index is 13.2. The van der Waals surface area contributed by atoms with Crippen molar-refractivity contribution < 1.29 is 24.3 Å². The normalized spacial score (nSPS) is 30.2. The highest BCUT2D eigenvalue weighted by atomic mass is 16.4. The van der Waals surface area contributed by atoms with Gasteiger partial charge in [-0.3, -0.25) is 14.4 Å². The second kappa shape index (κ2) is 17.2. The van der Waals surface area contributed by atoms with Gasteiger partial charge < -0.3 is 26.0 Å². The lowest BCUT2D eigenvalue weighted by molar-refractivity contribution is -0.139. The summed E-state index contributed by atoms with van der Waals surface area (Å²) in [4.78, 5) is 51.9. The maximum atomic E-state index is 13.2. The van der Waals surface area contributed by atoms with E-state index < -0.39 is 5.97 Å². The highest BCUT2D eigenvalue weighted by Gasteiger charge is 2.30. The monoisotopic (exact) mass is 602 g/mol. The quantitative estimate of drug-likeness (QED) is 0.226. The maximum Gasteiger partial charge on any atom is 0.315 e. The number of carbonyl (C=O) groups excluding carboxylic acids is 3. The molecule has 4 atom stereocenters. The van der Waals surface area contributed by atoms with Crippen molar-refractivity contribution in [3.63, 3.8) is 0 Å². The number of nitrogens with one attached hydrogen (secondary N) is 3. The SMILES string of the molecule is CC1CCCCC1NC(=O)NC1CCC(CC(=O)NC2CCCC(CN(CCC(=O)O)C(=O)CC3CCCCC3)C2)CC1. The lowest BCUT2D eigenvalue weighted by Crippen LogP contribution is -2.49. The van der Waals surface area contributed by atoms with Gasteiger partial charge in [0.25, 0.3) is 0 Å². The summed E-state index contributed by atoms with van der Waals surface area (Å²) < 4.78 is 0. The van der Waals surface area contributed by atoms with Gasteiger partial charge in [-0.2, -0.15) is 0 Å². The summed E-state index contributed by atoms with van der Waals surface area (Å²) in [7, 11) is 0. The molecule has 0 aromatic carbocycles. The summed E-state index contributed by atoms with van der Waals surface area (Å²) in [6, 6.07) is 0.541. The summed E-state index contributed by atoms with van der Waals surface area (Å²) >= 11 is 0. The first-order chi connectivity index (χ1) is 20.7. The number of carbonyl (C=O) groups is 4. The molecule has 4 rings (SSSR count). The Kier molecular flexibility index (Phi) is 13.5. The number of hydrogen-bond donors (Lipinski definition) is 4. The summed E-state index contributed by atoms with van der Waals surface area (Å²) in [6.45, 7) is 3.09. The average molecular weight is 603 g/mol. The molecule has 0 saturated heterocycles. The molecular weight excluding hydrogens is 544 g/mol. The van der Waals surface area contributed by atoms with Crippen LogP contribution >= 0.6 is 0 Å². The highest BCUT2D eigenvalue weighted by molar-refractivity contribution is 5.78. The van der Waals surface area contributed by atoms with Crippen LogP contribution in [0.3, 0.4) is 0 Å². The predicted octanol–water partition coefficient (Wildman–Crippen LogP) is 5.76. The minimum Gasteiger partial charge on any atom is -0.481 e. The molecule has 4 unspecified atom stereocenters. The highest BCUT2D eigenvalue weighted by Crippen LogP contribution is 2.30. The van der Waals surface area contributed by atoms with Crippen LogP contribution in [-0.4, -0.2) is 65.0 Å². The first-order valence-corrected chi connectivity index (χ1v) is 17.6. The van der Waals surface area contributed by atoms with E-state index in [2.05, 4.69) is 22.9 Å².